The lowest BCUT2D eigenvalue weighted by molar-refractivity contribution is -0.115. The van der Waals surface area contributed by atoms with Crippen LogP contribution in [0.2, 0.25) is 0 Å². The molecule has 0 bridgehead atoms. The summed E-state index contributed by atoms with van der Waals surface area (Å²) >= 11 is 0. The molecule has 0 aliphatic rings. The number of amides is 2. The van der Waals surface area contributed by atoms with Gasteiger partial charge in [-0.05, 0) is 42.0 Å². The Morgan fingerprint density at radius 3 is 2.21 bits per heavy atom. The van der Waals surface area contributed by atoms with Crippen LogP contribution < -0.4 is 20.1 Å². The Bertz CT molecular complexity index is 986. The third-order valence-corrected chi connectivity index (χ3v) is 4.29. The van der Waals surface area contributed by atoms with E-state index in [9.17, 15) is 9.59 Å². The maximum absolute atomic E-state index is 12.6. The highest BCUT2D eigenvalue weighted by molar-refractivity contribution is 6.05. The van der Waals surface area contributed by atoms with Gasteiger partial charge in [0.05, 0.1) is 26.3 Å². The van der Waals surface area contributed by atoms with Gasteiger partial charge in [0.1, 0.15) is 11.5 Å². The number of benzene rings is 3. The standard InChI is InChI=1S/C23H22N2O4/c1-28-19-12-13-21(29-2)20(15-19)25-23(27)17-8-10-18(11-9-17)24-22(26)14-16-6-4-3-5-7-16/h3-13,15H,14H2,1-2H3,(H,24,26)(H,25,27). The second-order valence-electron chi connectivity index (χ2n) is 6.31. The monoisotopic (exact) mass is 390 g/mol. The van der Waals surface area contributed by atoms with Gasteiger partial charge in [0.15, 0.2) is 0 Å². The zero-order valence-corrected chi connectivity index (χ0v) is 16.3. The van der Waals surface area contributed by atoms with Crippen LogP contribution in [0.15, 0.2) is 72.8 Å². The number of ether oxygens (including phenoxy) is 2. The molecule has 0 unspecified atom stereocenters. The summed E-state index contributed by atoms with van der Waals surface area (Å²) in [6, 6.07) is 21.4. The zero-order chi connectivity index (χ0) is 20.6. The van der Waals surface area contributed by atoms with E-state index in [1.165, 1.54) is 7.11 Å². The molecule has 29 heavy (non-hydrogen) atoms. The molecular formula is C23H22N2O4. The summed E-state index contributed by atoms with van der Waals surface area (Å²) in [6.07, 6.45) is 0.290. The van der Waals surface area contributed by atoms with Crippen LogP contribution in [0.4, 0.5) is 11.4 Å². The van der Waals surface area contributed by atoms with E-state index in [2.05, 4.69) is 10.6 Å². The number of hydrogen-bond acceptors (Lipinski definition) is 4. The largest absolute Gasteiger partial charge is 0.497 e. The Morgan fingerprint density at radius 1 is 0.828 bits per heavy atom. The maximum atomic E-state index is 12.6. The maximum Gasteiger partial charge on any atom is 0.255 e. The normalized spacial score (nSPS) is 10.1. The van der Waals surface area contributed by atoms with E-state index in [0.29, 0.717) is 34.9 Å². The molecule has 3 rings (SSSR count). The Hall–Kier alpha value is -3.80. The molecule has 0 radical (unpaired) electrons. The third kappa shape index (κ3) is 5.35. The lowest BCUT2D eigenvalue weighted by Gasteiger charge is -2.12. The fourth-order valence-corrected chi connectivity index (χ4v) is 2.80. The predicted octanol–water partition coefficient (Wildman–Crippen LogP) is 4.14. The molecule has 0 spiro atoms. The molecule has 0 saturated carbocycles. The van der Waals surface area contributed by atoms with Gasteiger partial charge in [0.2, 0.25) is 5.91 Å². The van der Waals surface area contributed by atoms with E-state index in [0.717, 1.165) is 5.56 Å². The van der Waals surface area contributed by atoms with Crippen molar-refractivity contribution in [2.75, 3.05) is 24.9 Å². The first-order valence-electron chi connectivity index (χ1n) is 9.06. The molecule has 0 atom stereocenters. The van der Waals surface area contributed by atoms with E-state index in [-0.39, 0.29) is 11.8 Å². The van der Waals surface area contributed by atoms with E-state index in [1.54, 1.807) is 49.6 Å². The first kappa shape index (κ1) is 19.9. The molecule has 0 aromatic heterocycles. The van der Waals surface area contributed by atoms with Gasteiger partial charge in [-0.2, -0.15) is 0 Å². The topological polar surface area (TPSA) is 76.7 Å². The lowest BCUT2D eigenvalue weighted by atomic mass is 10.1. The van der Waals surface area contributed by atoms with E-state index < -0.39 is 0 Å². The summed E-state index contributed by atoms with van der Waals surface area (Å²) < 4.78 is 10.5. The molecule has 0 aliphatic carbocycles. The number of methoxy groups -OCH3 is 2. The summed E-state index contributed by atoms with van der Waals surface area (Å²) in [4.78, 5) is 24.7. The minimum atomic E-state index is -0.293. The van der Waals surface area contributed by atoms with Crippen LogP contribution in [-0.2, 0) is 11.2 Å². The molecule has 3 aromatic rings. The van der Waals surface area contributed by atoms with Gasteiger partial charge in [-0.15, -0.1) is 0 Å². The number of nitrogens with one attached hydrogen (secondary N) is 2. The van der Waals surface area contributed by atoms with Crippen LogP contribution in [0.5, 0.6) is 11.5 Å². The van der Waals surface area contributed by atoms with Crippen LogP contribution in [-0.4, -0.2) is 26.0 Å². The van der Waals surface area contributed by atoms with Gasteiger partial charge in [0.25, 0.3) is 5.91 Å². The SMILES string of the molecule is COc1ccc(OC)c(NC(=O)c2ccc(NC(=O)Cc3ccccc3)cc2)c1. The molecule has 0 saturated heterocycles. The molecule has 0 aliphatic heterocycles. The molecule has 6 nitrogen and oxygen atoms in total. The molecule has 148 valence electrons. The Labute approximate surface area is 169 Å². The molecule has 3 aromatic carbocycles. The summed E-state index contributed by atoms with van der Waals surface area (Å²) in [5, 5.41) is 5.65. The Morgan fingerprint density at radius 2 is 1.55 bits per heavy atom. The minimum absolute atomic E-state index is 0.116. The van der Waals surface area contributed by atoms with Crippen LogP contribution in [0.3, 0.4) is 0 Å². The van der Waals surface area contributed by atoms with Crippen molar-refractivity contribution in [1.29, 1.82) is 0 Å². The van der Waals surface area contributed by atoms with Crippen molar-refractivity contribution in [3.63, 3.8) is 0 Å². The van der Waals surface area contributed by atoms with Gasteiger partial charge < -0.3 is 20.1 Å². The lowest BCUT2D eigenvalue weighted by Crippen LogP contribution is -2.15. The second-order valence-corrected chi connectivity index (χ2v) is 6.31. The highest BCUT2D eigenvalue weighted by Crippen LogP contribution is 2.29. The van der Waals surface area contributed by atoms with Gasteiger partial charge in [0, 0.05) is 17.3 Å². The third-order valence-electron chi connectivity index (χ3n) is 4.29. The van der Waals surface area contributed by atoms with Gasteiger partial charge in [-0.1, -0.05) is 30.3 Å². The number of rotatable bonds is 7. The Kier molecular flexibility index (Phi) is 6.47. The van der Waals surface area contributed by atoms with Crippen LogP contribution in [0, 0.1) is 0 Å². The average molecular weight is 390 g/mol. The van der Waals surface area contributed by atoms with Crippen LogP contribution in [0.1, 0.15) is 15.9 Å². The van der Waals surface area contributed by atoms with Gasteiger partial charge >= 0.3 is 0 Å². The first-order chi connectivity index (χ1) is 14.1. The minimum Gasteiger partial charge on any atom is -0.497 e. The summed E-state index contributed by atoms with van der Waals surface area (Å²) in [5.41, 5.74) is 2.53. The average Bonchev–Trinajstić information content (AvgIpc) is 2.74. The number of hydrogen-bond donors (Lipinski definition) is 2. The molecule has 2 N–H and O–H groups in total. The van der Waals surface area contributed by atoms with Crippen molar-refractivity contribution >= 4 is 23.2 Å². The van der Waals surface area contributed by atoms with Crippen molar-refractivity contribution < 1.29 is 19.1 Å². The molecular weight excluding hydrogens is 368 g/mol. The number of carbonyl (C=O) groups excluding carboxylic acids is 2. The van der Waals surface area contributed by atoms with Crippen molar-refractivity contribution in [2.24, 2.45) is 0 Å². The molecule has 0 heterocycles. The highest BCUT2D eigenvalue weighted by Gasteiger charge is 2.11. The Balaban J connectivity index is 1.64. The van der Waals surface area contributed by atoms with Crippen molar-refractivity contribution in [2.45, 2.75) is 6.42 Å². The fraction of sp³-hybridized carbons (Fsp3) is 0.130. The highest BCUT2D eigenvalue weighted by atomic mass is 16.5. The smallest absolute Gasteiger partial charge is 0.255 e. The summed E-state index contributed by atoms with van der Waals surface area (Å²) in [7, 11) is 3.09. The van der Waals surface area contributed by atoms with Gasteiger partial charge in [-0.3, -0.25) is 9.59 Å². The fourth-order valence-electron chi connectivity index (χ4n) is 2.80. The number of anilines is 2. The van der Waals surface area contributed by atoms with Crippen molar-refractivity contribution in [3.05, 3.63) is 83.9 Å². The van der Waals surface area contributed by atoms with E-state index in [4.69, 9.17) is 9.47 Å². The second kappa shape index (κ2) is 9.41. The summed E-state index contributed by atoms with van der Waals surface area (Å²) in [6.45, 7) is 0. The molecule has 2 amide bonds. The quantitative estimate of drug-likeness (QED) is 0.636. The van der Waals surface area contributed by atoms with E-state index >= 15 is 0 Å². The van der Waals surface area contributed by atoms with Crippen LogP contribution in [0.25, 0.3) is 0 Å². The van der Waals surface area contributed by atoms with Crippen LogP contribution >= 0.6 is 0 Å². The first-order valence-corrected chi connectivity index (χ1v) is 9.06. The molecule has 0 fully saturated rings. The zero-order valence-electron chi connectivity index (χ0n) is 16.3. The number of carbonyl (C=O) groups is 2. The predicted molar refractivity (Wildman–Crippen MR) is 113 cm³/mol. The van der Waals surface area contributed by atoms with Gasteiger partial charge in [-0.25, -0.2) is 0 Å². The van der Waals surface area contributed by atoms with Crippen molar-refractivity contribution in [3.8, 4) is 11.5 Å². The van der Waals surface area contributed by atoms with E-state index in [1.807, 2.05) is 30.3 Å². The molecule has 6 heteroatoms. The summed E-state index contributed by atoms with van der Waals surface area (Å²) in [5.74, 6) is 0.731. The van der Waals surface area contributed by atoms with Crippen molar-refractivity contribution in [1.82, 2.24) is 0 Å².